The standard InChI is InChI=1S/C15H22N2O2/c1-14(2)7-8-15(3,4)11-10(14)6-5-9(13(18)19)12(11)17-16/h5-6,17H,7-8,16H2,1-4H3,(H,18,19). The zero-order valence-corrected chi connectivity index (χ0v) is 12.0. The third-order valence-corrected chi connectivity index (χ3v) is 4.36. The van der Waals surface area contributed by atoms with Gasteiger partial charge in [0.05, 0.1) is 11.3 Å². The van der Waals surface area contributed by atoms with Crippen LogP contribution in [0.3, 0.4) is 0 Å². The van der Waals surface area contributed by atoms with E-state index in [1.807, 2.05) is 6.07 Å². The Balaban J connectivity index is 2.80. The molecule has 0 aromatic heterocycles. The number of nitrogens with one attached hydrogen (secondary N) is 1. The van der Waals surface area contributed by atoms with Crippen molar-refractivity contribution in [3.8, 4) is 0 Å². The number of aromatic carboxylic acids is 1. The molecule has 0 unspecified atom stereocenters. The van der Waals surface area contributed by atoms with Crippen molar-refractivity contribution in [1.82, 2.24) is 0 Å². The smallest absolute Gasteiger partial charge is 0.337 e. The number of benzene rings is 1. The first-order valence-corrected chi connectivity index (χ1v) is 6.58. The van der Waals surface area contributed by atoms with Crippen LogP contribution >= 0.6 is 0 Å². The van der Waals surface area contributed by atoms with E-state index in [1.165, 1.54) is 5.56 Å². The lowest BCUT2D eigenvalue weighted by Gasteiger charge is -2.43. The molecule has 0 aliphatic heterocycles. The van der Waals surface area contributed by atoms with Crippen LogP contribution in [0.2, 0.25) is 0 Å². The van der Waals surface area contributed by atoms with Gasteiger partial charge in [0, 0.05) is 0 Å². The van der Waals surface area contributed by atoms with Crippen molar-refractivity contribution in [1.29, 1.82) is 0 Å². The number of carbonyl (C=O) groups is 1. The van der Waals surface area contributed by atoms with Gasteiger partial charge in [0.1, 0.15) is 0 Å². The van der Waals surface area contributed by atoms with Gasteiger partial charge in [-0.05, 0) is 40.9 Å². The molecule has 4 N–H and O–H groups in total. The van der Waals surface area contributed by atoms with Crippen LogP contribution in [0.25, 0.3) is 0 Å². The molecule has 4 nitrogen and oxygen atoms in total. The van der Waals surface area contributed by atoms with Crippen molar-refractivity contribution < 1.29 is 9.90 Å². The summed E-state index contributed by atoms with van der Waals surface area (Å²) in [6, 6.07) is 3.60. The minimum atomic E-state index is -0.949. The van der Waals surface area contributed by atoms with Crippen LogP contribution in [0.4, 0.5) is 5.69 Å². The van der Waals surface area contributed by atoms with Crippen LogP contribution in [0.15, 0.2) is 12.1 Å². The van der Waals surface area contributed by atoms with Gasteiger partial charge in [0.25, 0.3) is 0 Å². The number of rotatable bonds is 2. The second kappa shape index (κ2) is 4.23. The van der Waals surface area contributed by atoms with E-state index in [2.05, 4.69) is 33.1 Å². The highest BCUT2D eigenvalue weighted by Crippen LogP contribution is 2.49. The molecule has 0 saturated carbocycles. The number of fused-ring (bicyclic) bond motifs is 1. The number of nitrogen functional groups attached to an aromatic ring is 1. The summed E-state index contributed by atoms with van der Waals surface area (Å²) in [5, 5.41) is 9.30. The summed E-state index contributed by atoms with van der Waals surface area (Å²) in [6.45, 7) is 8.69. The Morgan fingerprint density at radius 1 is 1.21 bits per heavy atom. The lowest BCUT2D eigenvalue weighted by molar-refractivity contribution is 0.0697. The Kier molecular flexibility index (Phi) is 3.09. The fraction of sp³-hybridized carbons (Fsp3) is 0.533. The average molecular weight is 262 g/mol. The predicted molar refractivity (Wildman–Crippen MR) is 76.5 cm³/mol. The highest BCUT2D eigenvalue weighted by Gasteiger charge is 2.39. The van der Waals surface area contributed by atoms with Gasteiger partial charge in [-0.15, -0.1) is 0 Å². The molecule has 0 amide bonds. The molecule has 104 valence electrons. The monoisotopic (exact) mass is 262 g/mol. The van der Waals surface area contributed by atoms with Crippen LogP contribution in [0.1, 0.15) is 62.0 Å². The number of hydrogen-bond donors (Lipinski definition) is 3. The van der Waals surface area contributed by atoms with Crippen molar-refractivity contribution in [2.24, 2.45) is 5.84 Å². The van der Waals surface area contributed by atoms with Crippen molar-refractivity contribution in [3.05, 3.63) is 28.8 Å². The lowest BCUT2D eigenvalue weighted by Crippen LogP contribution is -2.35. The van der Waals surface area contributed by atoms with Crippen LogP contribution in [-0.4, -0.2) is 11.1 Å². The fourth-order valence-electron chi connectivity index (χ4n) is 3.08. The summed E-state index contributed by atoms with van der Waals surface area (Å²) in [5.41, 5.74) is 5.64. The third-order valence-electron chi connectivity index (χ3n) is 4.36. The van der Waals surface area contributed by atoms with Crippen molar-refractivity contribution in [2.75, 3.05) is 5.43 Å². The summed E-state index contributed by atoms with van der Waals surface area (Å²) in [7, 11) is 0. The summed E-state index contributed by atoms with van der Waals surface area (Å²) in [6.07, 6.45) is 2.11. The number of hydrogen-bond acceptors (Lipinski definition) is 3. The molecule has 1 aromatic carbocycles. The topological polar surface area (TPSA) is 75.3 Å². The van der Waals surface area contributed by atoms with Gasteiger partial charge in [0.2, 0.25) is 0 Å². The summed E-state index contributed by atoms with van der Waals surface area (Å²) >= 11 is 0. The summed E-state index contributed by atoms with van der Waals surface area (Å²) in [4.78, 5) is 11.3. The number of anilines is 1. The number of carboxylic acid groups (broad SMARTS) is 1. The van der Waals surface area contributed by atoms with Gasteiger partial charge in [-0.2, -0.15) is 0 Å². The normalized spacial score (nSPS) is 19.6. The van der Waals surface area contributed by atoms with E-state index in [4.69, 9.17) is 5.84 Å². The van der Waals surface area contributed by atoms with E-state index in [0.29, 0.717) is 5.69 Å². The Bertz CT molecular complexity index is 533. The Hall–Kier alpha value is -1.55. The van der Waals surface area contributed by atoms with E-state index in [1.54, 1.807) is 6.07 Å². The molecule has 1 aliphatic carbocycles. The van der Waals surface area contributed by atoms with Gasteiger partial charge in [-0.25, -0.2) is 4.79 Å². The van der Waals surface area contributed by atoms with E-state index in [9.17, 15) is 9.90 Å². The highest BCUT2D eigenvalue weighted by molar-refractivity contribution is 5.95. The molecule has 1 aromatic rings. The maximum absolute atomic E-state index is 11.3. The number of nitrogens with two attached hydrogens (primary N) is 1. The van der Waals surface area contributed by atoms with Crippen LogP contribution in [0.5, 0.6) is 0 Å². The van der Waals surface area contributed by atoms with Gasteiger partial charge in [0.15, 0.2) is 0 Å². The molecule has 0 atom stereocenters. The van der Waals surface area contributed by atoms with Crippen molar-refractivity contribution >= 4 is 11.7 Å². The largest absolute Gasteiger partial charge is 0.478 e. The zero-order valence-electron chi connectivity index (χ0n) is 12.0. The Morgan fingerprint density at radius 3 is 2.32 bits per heavy atom. The maximum Gasteiger partial charge on any atom is 0.337 e. The third kappa shape index (κ3) is 2.10. The van der Waals surface area contributed by atoms with Gasteiger partial charge in [-0.1, -0.05) is 33.8 Å². The first-order chi connectivity index (χ1) is 8.70. The summed E-state index contributed by atoms with van der Waals surface area (Å²) in [5.74, 6) is 4.66. The van der Waals surface area contributed by atoms with E-state index < -0.39 is 5.97 Å². The first-order valence-electron chi connectivity index (χ1n) is 6.58. The average Bonchev–Trinajstić information content (AvgIpc) is 2.33. The molecule has 4 heteroatoms. The SMILES string of the molecule is CC1(C)CCC(C)(C)c2c1ccc(C(=O)O)c2NN. The molecule has 2 rings (SSSR count). The molecule has 0 radical (unpaired) electrons. The lowest BCUT2D eigenvalue weighted by atomic mass is 9.62. The van der Waals surface area contributed by atoms with Gasteiger partial charge < -0.3 is 10.5 Å². The van der Waals surface area contributed by atoms with Crippen LogP contribution in [0, 0.1) is 0 Å². The molecular weight excluding hydrogens is 240 g/mol. The molecule has 19 heavy (non-hydrogen) atoms. The number of hydrazine groups is 1. The van der Waals surface area contributed by atoms with E-state index in [-0.39, 0.29) is 16.4 Å². The second-order valence-electron chi connectivity index (χ2n) is 6.63. The van der Waals surface area contributed by atoms with E-state index in [0.717, 1.165) is 18.4 Å². The molecule has 0 saturated heterocycles. The minimum Gasteiger partial charge on any atom is -0.478 e. The molecule has 0 spiro atoms. The predicted octanol–water partition coefficient (Wildman–Crippen LogP) is 3.02. The van der Waals surface area contributed by atoms with Gasteiger partial charge in [-0.3, -0.25) is 5.84 Å². The maximum atomic E-state index is 11.3. The minimum absolute atomic E-state index is 0.0491. The van der Waals surface area contributed by atoms with Crippen molar-refractivity contribution in [2.45, 2.75) is 51.4 Å². The Morgan fingerprint density at radius 2 is 1.79 bits per heavy atom. The molecule has 0 fully saturated rings. The molecule has 0 bridgehead atoms. The molecule has 1 aliphatic rings. The van der Waals surface area contributed by atoms with Crippen LogP contribution in [-0.2, 0) is 10.8 Å². The quantitative estimate of drug-likeness (QED) is 0.565. The van der Waals surface area contributed by atoms with Crippen LogP contribution < -0.4 is 11.3 Å². The highest BCUT2D eigenvalue weighted by atomic mass is 16.4. The fourth-order valence-corrected chi connectivity index (χ4v) is 3.08. The van der Waals surface area contributed by atoms with Crippen molar-refractivity contribution in [3.63, 3.8) is 0 Å². The molecular formula is C15H22N2O2. The number of carboxylic acids is 1. The van der Waals surface area contributed by atoms with Gasteiger partial charge >= 0.3 is 5.97 Å². The molecule has 0 heterocycles. The zero-order chi connectivity index (χ0) is 14.4. The second-order valence-corrected chi connectivity index (χ2v) is 6.63. The Labute approximate surface area is 114 Å². The first kappa shape index (κ1) is 13.9. The summed E-state index contributed by atoms with van der Waals surface area (Å²) < 4.78 is 0. The van der Waals surface area contributed by atoms with E-state index >= 15 is 0 Å².